The summed E-state index contributed by atoms with van der Waals surface area (Å²) in [6.45, 7) is 2.12. The van der Waals surface area contributed by atoms with E-state index in [2.05, 4.69) is 4.90 Å². The minimum Gasteiger partial charge on any atom is -0.326 e. The summed E-state index contributed by atoms with van der Waals surface area (Å²) in [5.41, 5.74) is 6.46. The summed E-state index contributed by atoms with van der Waals surface area (Å²) in [6, 6.07) is 4.92. The molecule has 0 amide bonds. The molecular weight excluding hydrogens is 242 g/mol. The number of nitro benzene ring substituents is 1. The Hall–Kier alpha value is -1.17. The Bertz CT molecular complexity index is 439. The molecule has 0 bridgehead atoms. The van der Waals surface area contributed by atoms with Gasteiger partial charge in [-0.3, -0.25) is 15.0 Å². The lowest BCUT2D eigenvalue weighted by atomic mass is 10.1. The highest BCUT2D eigenvalue weighted by Gasteiger charge is 2.24. The first-order valence-corrected chi connectivity index (χ1v) is 5.85. The molecule has 2 N–H and O–H groups in total. The second kappa shape index (κ2) is 5.00. The molecule has 1 fully saturated rings. The van der Waals surface area contributed by atoms with E-state index in [-0.39, 0.29) is 11.7 Å². The van der Waals surface area contributed by atoms with Crippen LogP contribution in [0.3, 0.4) is 0 Å². The largest absolute Gasteiger partial charge is 0.326 e. The standard InChI is InChI=1S/C11H14ClN3O2/c12-10-2-1-3-11(15(16)17)9(10)7-14-5-4-8(13)6-14/h1-3,8H,4-7,13H2. The summed E-state index contributed by atoms with van der Waals surface area (Å²) in [5.74, 6) is 0. The van der Waals surface area contributed by atoms with Gasteiger partial charge in [-0.1, -0.05) is 17.7 Å². The van der Waals surface area contributed by atoms with Crippen molar-refractivity contribution < 1.29 is 4.92 Å². The third-order valence-corrected chi connectivity index (χ3v) is 3.34. The van der Waals surface area contributed by atoms with Gasteiger partial charge in [0.25, 0.3) is 5.69 Å². The molecule has 1 atom stereocenters. The van der Waals surface area contributed by atoms with E-state index in [4.69, 9.17) is 17.3 Å². The first kappa shape index (κ1) is 12.3. The molecule has 0 radical (unpaired) electrons. The van der Waals surface area contributed by atoms with Gasteiger partial charge in [0.15, 0.2) is 0 Å². The third kappa shape index (κ3) is 2.74. The van der Waals surface area contributed by atoms with Crippen LogP contribution in [0.4, 0.5) is 5.69 Å². The monoisotopic (exact) mass is 255 g/mol. The van der Waals surface area contributed by atoms with Crippen molar-refractivity contribution >= 4 is 17.3 Å². The normalized spacial score (nSPS) is 20.7. The van der Waals surface area contributed by atoms with Crippen LogP contribution < -0.4 is 5.73 Å². The number of benzene rings is 1. The van der Waals surface area contributed by atoms with Crippen molar-refractivity contribution in [2.24, 2.45) is 5.73 Å². The number of halogens is 1. The van der Waals surface area contributed by atoms with Crippen molar-refractivity contribution in [3.8, 4) is 0 Å². The van der Waals surface area contributed by atoms with Crippen LogP contribution in [0.5, 0.6) is 0 Å². The molecule has 1 heterocycles. The molecule has 6 heteroatoms. The lowest BCUT2D eigenvalue weighted by Gasteiger charge is -2.15. The molecule has 0 spiro atoms. The predicted molar refractivity (Wildman–Crippen MR) is 66.0 cm³/mol. The molecule has 2 rings (SSSR count). The van der Waals surface area contributed by atoms with Gasteiger partial charge in [0, 0.05) is 31.7 Å². The summed E-state index contributed by atoms with van der Waals surface area (Å²) < 4.78 is 0. The Balaban J connectivity index is 2.22. The van der Waals surface area contributed by atoms with Crippen molar-refractivity contribution in [3.63, 3.8) is 0 Å². The number of nitro groups is 1. The van der Waals surface area contributed by atoms with Gasteiger partial charge < -0.3 is 5.73 Å². The van der Waals surface area contributed by atoms with Gasteiger partial charge in [-0.15, -0.1) is 0 Å². The average Bonchev–Trinajstić information content (AvgIpc) is 2.67. The quantitative estimate of drug-likeness (QED) is 0.660. The second-order valence-electron chi connectivity index (χ2n) is 4.28. The Labute approximate surface area is 104 Å². The van der Waals surface area contributed by atoms with Gasteiger partial charge in [0.05, 0.1) is 15.5 Å². The zero-order valence-electron chi connectivity index (χ0n) is 9.30. The van der Waals surface area contributed by atoms with E-state index in [0.717, 1.165) is 19.5 Å². The highest BCUT2D eigenvalue weighted by molar-refractivity contribution is 6.31. The van der Waals surface area contributed by atoms with E-state index in [1.54, 1.807) is 12.1 Å². The molecule has 1 aliphatic rings. The van der Waals surface area contributed by atoms with Crippen LogP contribution in [0, 0.1) is 10.1 Å². The molecule has 5 nitrogen and oxygen atoms in total. The van der Waals surface area contributed by atoms with Crippen LogP contribution >= 0.6 is 11.6 Å². The number of rotatable bonds is 3. The molecule has 1 saturated heterocycles. The van der Waals surface area contributed by atoms with Crippen molar-refractivity contribution in [2.45, 2.75) is 19.0 Å². The third-order valence-electron chi connectivity index (χ3n) is 2.98. The molecule has 0 saturated carbocycles. The van der Waals surface area contributed by atoms with Crippen LogP contribution in [0.15, 0.2) is 18.2 Å². The number of hydrogen-bond donors (Lipinski definition) is 1. The van der Waals surface area contributed by atoms with Gasteiger partial charge in [0.1, 0.15) is 0 Å². The lowest BCUT2D eigenvalue weighted by Crippen LogP contribution is -2.26. The molecule has 1 aromatic carbocycles. The van der Waals surface area contributed by atoms with E-state index in [9.17, 15) is 10.1 Å². The number of nitrogens with zero attached hydrogens (tertiary/aromatic N) is 2. The minimum atomic E-state index is -0.392. The topological polar surface area (TPSA) is 72.4 Å². The van der Waals surface area contributed by atoms with Crippen LogP contribution in [0.25, 0.3) is 0 Å². The lowest BCUT2D eigenvalue weighted by molar-refractivity contribution is -0.385. The maximum absolute atomic E-state index is 10.9. The molecule has 0 aliphatic carbocycles. The summed E-state index contributed by atoms with van der Waals surface area (Å²) >= 11 is 6.03. The van der Waals surface area contributed by atoms with Crippen LogP contribution in [0.1, 0.15) is 12.0 Å². The van der Waals surface area contributed by atoms with E-state index >= 15 is 0 Å². The highest BCUT2D eigenvalue weighted by atomic mass is 35.5. The summed E-state index contributed by atoms with van der Waals surface area (Å²) in [7, 11) is 0. The minimum absolute atomic E-state index is 0.0815. The van der Waals surface area contributed by atoms with Gasteiger partial charge in [-0.05, 0) is 12.5 Å². The average molecular weight is 256 g/mol. The Morgan fingerprint density at radius 1 is 1.59 bits per heavy atom. The second-order valence-corrected chi connectivity index (χ2v) is 4.69. The molecular formula is C11H14ClN3O2. The van der Waals surface area contributed by atoms with E-state index in [1.165, 1.54) is 6.07 Å². The smallest absolute Gasteiger partial charge is 0.275 e. The van der Waals surface area contributed by atoms with Crippen molar-refractivity contribution in [1.82, 2.24) is 4.90 Å². The molecule has 0 aromatic heterocycles. The number of nitrogens with two attached hydrogens (primary N) is 1. The van der Waals surface area contributed by atoms with Crippen LogP contribution in [0.2, 0.25) is 5.02 Å². The summed E-state index contributed by atoms with van der Waals surface area (Å²) in [4.78, 5) is 12.6. The Kier molecular flexibility index (Phi) is 3.61. The summed E-state index contributed by atoms with van der Waals surface area (Å²) in [5, 5.41) is 11.4. The molecule has 1 aromatic rings. The van der Waals surface area contributed by atoms with Crippen molar-refractivity contribution in [3.05, 3.63) is 38.9 Å². The fourth-order valence-electron chi connectivity index (χ4n) is 2.10. The molecule has 17 heavy (non-hydrogen) atoms. The number of hydrogen-bond acceptors (Lipinski definition) is 4. The van der Waals surface area contributed by atoms with Gasteiger partial charge in [0.2, 0.25) is 0 Å². The molecule has 92 valence electrons. The van der Waals surface area contributed by atoms with Gasteiger partial charge in [-0.25, -0.2) is 0 Å². The molecule has 1 unspecified atom stereocenters. The maximum Gasteiger partial charge on any atom is 0.275 e. The predicted octanol–water partition coefficient (Wildman–Crippen LogP) is 1.78. The zero-order valence-corrected chi connectivity index (χ0v) is 10.1. The molecule has 1 aliphatic heterocycles. The number of likely N-dealkylation sites (tertiary alicyclic amines) is 1. The van der Waals surface area contributed by atoms with Gasteiger partial charge >= 0.3 is 0 Å². The van der Waals surface area contributed by atoms with Crippen molar-refractivity contribution in [2.75, 3.05) is 13.1 Å². The first-order valence-electron chi connectivity index (χ1n) is 5.47. The van der Waals surface area contributed by atoms with E-state index in [1.807, 2.05) is 0 Å². The van der Waals surface area contributed by atoms with Crippen LogP contribution in [-0.4, -0.2) is 29.0 Å². The fourth-order valence-corrected chi connectivity index (χ4v) is 2.33. The van der Waals surface area contributed by atoms with Gasteiger partial charge in [-0.2, -0.15) is 0 Å². The Morgan fingerprint density at radius 3 is 2.94 bits per heavy atom. The van der Waals surface area contributed by atoms with Crippen LogP contribution in [-0.2, 0) is 6.54 Å². The SMILES string of the molecule is NC1CCN(Cc2c(Cl)cccc2[N+](=O)[O-])C1. The van der Waals surface area contributed by atoms with Crippen molar-refractivity contribution in [1.29, 1.82) is 0 Å². The van der Waals surface area contributed by atoms with E-state index < -0.39 is 4.92 Å². The maximum atomic E-state index is 10.9. The zero-order chi connectivity index (χ0) is 12.4. The Morgan fingerprint density at radius 2 is 2.35 bits per heavy atom. The first-order chi connectivity index (χ1) is 8.08. The van der Waals surface area contributed by atoms with E-state index in [0.29, 0.717) is 17.1 Å². The fraction of sp³-hybridized carbons (Fsp3) is 0.455. The highest BCUT2D eigenvalue weighted by Crippen LogP contribution is 2.28. The summed E-state index contributed by atoms with van der Waals surface area (Å²) in [6.07, 6.45) is 0.929.